The molecule has 0 unspecified atom stereocenters. The summed E-state index contributed by atoms with van der Waals surface area (Å²) in [6.07, 6.45) is 3.22. The maximum Gasteiger partial charge on any atom is 0.134 e. The SMILES string of the molecule is Cc1c(CN2CCC(N3C[C@H](C)O[C@@H](C)C3)CC2)oc2ccccc12. The predicted molar refractivity (Wildman–Crippen MR) is 101 cm³/mol. The zero-order valence-electron chi connectivity index (χ0n) is 15.7. The minimum absolute atomic E-state index is 0.361. The van der Waals surface area contributed by atoms with Crippen LogP contribution in [-0.2, 0) is 11.3 Å². The van der Waals surface area contributed by atoms with E-state index in [1.165, 1.54) is 23.8 Å². The van der Waals surface area contributed by atoms with E-state index in [0.29, 0.717) is 18.2 Å². The number of benzene rings is 1. The molecule has 0 radical (unpaired) electrons. The summed E-state index contributed by atoms with van der Waals surface area (Å²) < 4.78 is 12.0. The third-order valence-electron chi connectivity index (χ3n) is 5.83. The summed E-state index contributed by atoms with van der Waals surface area (Å²) in [5.74, 6) is 1.13. The number of hydrogen-bond donors (Lipinski definition) is 0. The maximum atomic E-state index is 6.10. The van der Waals surface area contributed by atoms with Crippen LogP contribution in [-0.4, -0.2) is 54.2 Å². The Morgan fingerprint density at radius 2 is 1.72 bits per heavy atom. The lowest BCUT2D eigenvalue weighted by molar-refractivity contribution is -0.0866. The van der Waals surface area contributed by atoms with E-state index in [9.17, 15) is 0 Å². The van der Waals surface area contributed by atoms with Gasteiger partial charge in [-0.2, -0.15) is 0 Å². The number of piperidine rings is 1. The lowest BCUT2D eigenvalue weighted by Gasteiger charge is -2.43. The predicted octanol–water partition coefficient (Wildman–Crippen LogP) is 3.81. The molecule has 2 saturated heterocycles. The van der Waals surface area contributed by atoms with E-state index in [2.05, 4.69) is 48.8 Å². The molecule has 0 saturated carbocycles. The molecule has 2 atom stereocenters. The van der Waals surface area contributed by atoms with Gasteiger partial charge in [-0.15, -0.1) is 0 Å². The molecule has 4 heteroatoms. The van der Waals surface area contributed by atoms with Gasteiger partial charge >= 0.3 is 0 Å². The van der Waals surface area contributed by atoms with Gasteiger partial charge in [-0.25, -0.2) is 0 Å². The Labute approximate surface area is 150 Å². The number of fused-ring (bicyclic) bond motifs is 1. The Kier molecular flexibility index (Phi) is 4.85. The van der Waals surface area contributed by atoms with Gasteiger partial charge in [-0.1, -0.05) is 18.2 Å². The molecule has 0 bridgehead atoms. The van der Waals surface area contributed by atoms with E-state index in [4.69, 9.17) is 9.15 Å². The van der Waals surface area contributed by atoms with Gasteiger partial charge in [-0.3, -0.25) is 9.80 Å². The van der Waals surface area contributed by atoms with Crippen LogP contribution < -0.4 is 0 Å². The van der Waals surface area contributed by atoms with Crippen molar-refractivity contribution >= 4 is 11.0 Å². The largest absolute Gasteiger partial charge is 0.459 e. The third-order valence-corrected chi connectivity index (χ3v) is 5.83. The Bertz CT molecular complexity index is 708. The molecule has 4 nitrogen and oxygen atoms in total. The van der Waals surface area contributed by atoms with Crippen molar-refractivity contribution in [1.82, 2.24) is 9.80 Å². The number of likely N-dealkylation sites (tertiary alicyclic amines) is 1. The van der Waals surface area contributed by atoms with Crippen LogP contribution in [0.2, 0.25) is 0 Å². The normalized spacial score (nSPS) is 27.2. The molecule has 0 amide bonds. The maximum absolute atomic E-state index is 6.10. The van der Waals surface area contributed by atoms with Crippen molar-refractivity contribution in [3.8, 4) is 0 Å². The molecule has 2 fully saturated rings. The van der Waals surface area contributed by atoms with E-state index in [1.807, 2.05) is 6.07 Å². The lowest BCUT2D eigenvalue weighted by Crippen LogP contribution is -2.53. The number of hydrogen-bond acceptors (Lipinski definition) is 4. The first-order chi connectivity index (χ1) is 12.1. The molecular weight excluding hydrogens is 312 g/mol. The molecule has 2 aromatic rings. The number of aryl methyl sites for hydroxylation is 1. The van der Waals surface area contributed by atoms with Crippen LogP contribution in [0.4, 0.5) is 0 Å². The zero-order chi connectivity index (χ0) is 17.4. The summed E-state index contributed by atoms with van der Waals surface area (Å²) in [5, 5.41) is 1.25. The summed E-state index contributed by atoms with van der Waals surface area (Å²) in [4.78, 5) is 5.21. The van der Waals surface area contributed by atoms with Crippen molar-refractivity contribution < 1.29 is 9.15 Å². The Morgan fingerprint density at radius 1 is 1.04 bits per heavy atom. The summed E-state index contributed by atoms with van der Waals surface area (Å²) in [6, 6.07) is 9.07. The molecule has 1 aromatic carbocycles. The van der Waals surface area contributed by atoms with Crippen molar-refractivity contribution in [3.63, 3.8) is 0 Å². The molecule has 136 valence electrons. The molecule has 0 aliphatic carbocycles. The molecule has 1 aromatic heterocycles. The Hall–Kier alpha value is -1.36. The fourth-order valence-corrected chi connectivity index (χ4v) is 4.54. The van der Waals surface area contributed by atoms with Crippen molar-refractivity contribution in [2.24, 2.45) is 0 Å². The van der Waals surface area contributed by atoms with Crippen LogP contribution >= 0.6 is 0 Å². The van der Waals surface area contributed by atoms with E-state index in [-0.39, 0.29) is 0 Å². The van der Waals surface area contributed by atoms with Crippen LogP contribution in [0.1, 0.15) is 38.0 Å². The fraction of sp³-hybridized carbons (Fsp3) is 0.619. The average Bonchev–Trinajstić information content (AvgIpc) is 2.91. The highest BCUT2D eigenvalue weighted by molar-refractivity contribution is 5.81. The minimum atomic E-state index is 0.361. The Morgan fingerprint density at radius 3 is 2.40 bits per heavy atom. The monoisotopic (exact) mass is 342 g/mol. The number of furan rings is 1. The second kappa shape index (κ2) is 7.10. The summed E-state index contributed by atoms with van der Waals surface area (Å²) in [7, 11) is 0. The quantitative estimate of drug-likeness (QED) is 0.848. The fourth-order valence-electron chi connectivity index (χ4n) is 4.54. The molecule has 0 N–H and O–H groups in total. The first-order valence-corrected chi connectivity index (χ1v) is 9.69. The number of morpholine rings is 1. The molecule has 0 spiro atoms. The van der Waals surface area contributed by atoms with Gasteiger partial charge < -0.3 is 9.15 Å². The third kappa shape index (κ3) is 3.62. The van der Waals surface area contributed by atoms with E-state index in [0.717, 1.165) is 44.1 Å². The first-order valence-electron chi connectivity index (χ1n) is 9.69. The van der Waals surface area contributed by atoms with Gasteiger partial charge in [0.1, 0.15) is 11.3 Å². The van der Waals surface area contributed by atoms with Crippen LogP contribution in [0.5, 0.6) is 0 Å². The van der Waals surface area contributed by atoms with Crippen LogP contribution in [0.15, 0.2) is 28.7 Å². The molecule has 4 rings (SSSR count). The molecule has 25 heavy (non-hydrogen) atoms. The van der Waals surface area contributed by atoms with Crippen LogP contribution in [0.3, 0.4) is 0 Å². The smallest absolute Gasteiger partial charge is 0.134 e. The lowest BCUT2D eigenvalue weighted by atomic mass is 10.0. The number of rotatable bonds is 3. The number of ether oxygens (including phenoxy) is 1. The van der Waals surface area contributed by atoms with Gasteiger partial charge in [0.05, 0.1) is 18.8 Å². The second-order valence-corrected chi connectivity index (χ2v) is 7.86. The van der Waals surface area contributed by atoms with Crippen molar-refractivity contribution in [2.75, 3.05) is 26.2 Å². The Balaban J connectivity index is 1.36. The van der Waals surface area contributed by atoms with Crippen molar-refractivity contribution in [3.05, 3.63) is 35.6 Å². The van der Waals surface area contributed by atoms with Crippen molar-refractivity contribution in [1.29, 1.82) is 0 Å². The summed E-state index contributed by atoms with van der Waals surface area (Å²) >= 11 is 0. The topological polar surface area (TPSA) is 28.9 Å². The molecule has 3 heterocycles. The van der Waals surface area contributed by atoms with Gasteiger partial charge in [0.15, 0.2) is 0 Å². The molecular formula is C21H30N2O2. The number of nitrogens with zero attached hydrogens (tertiary/aromatic N) is 2. The van der Waals surface area contributed by atoms with Crippen molar-refractivity contribution in [2.45, 2.75) is 58.4 Å². The van der Waals surface area contributed by atoms with Gasteiger partial charge in [0.25, 0.3) is 0 Å². The summed E-state index contributed by atoms with van der Waals surface area (Å²) in [6.45, 7) is 12.0. The highest BCUT2D eigenvalue weighted by Crippen LogP contribution is 2.28. The van der Waals surface area contributed by atoms with Gasteiger partial charge in [0, 0.05) is 37.6 Å². The highest BCUT2D eigenvalue weighted by atomic mass is 16.5. The van der Waals surface area contributed by atoms with Crippen LogP contribution in [0, 0.1) is 6.92 Å². The molecule has 2 aliphatic rings. The summed E-state index contributed by atoms with van der Waals surface area (Å²) in [5.41, 5.74) is 2.31. The molecule has 2 aliphatic heterocycles. The van der Waals surface area contributed by atoms with Crippen LogP contribution in [0.25, 0.3) is 11.0 Å². The van der Waals surface area contributed by atoms with E-state index >= 15 is 0 Å². The minimum Gasteiger partial charge on any atom is -0.459 e. The zero-order valence-corrected chi connectivity index (χ0v) is 15.7. The standard InChI is InChI=1S/C21H30N2O2/c1-15-12-23(13-16(2)24-15)18-8-10-22(11-9-18)14-21-17(3)19-6-4-5-7-20(19)25-21/h4-7,15-16,18H,8-14H2,1-3H3/t15-,16-/m0/s1. The van der Waals surface area contributed by atoms with E-state index < -0.39 is 0 Å². The van der Waals surface area contributed by atoms with E-state index in [1.54, 1.807) is 0 Å². The average molecular weight is 342 g/mol. The van der Waals surface area contributed by atoms with Gasteiger partial charge in [-0.05, 0) is 45.2 Å². The van der Waals surface area contributed by atoms with Gasteiger partial charge in [0.2, 0.25) is 0 Å². The first kappa shape index (κ1) is 17.1. The number of para-hydroxylation sites is 1. The highest BCUT2D eigenvalue weighted by Gasteiger charge is 2.30. The second-order valence-electron chi connectivity index (χ2n) is 7.86.